The molecule has 2 rings (SSSR count). The van der Waals surface area contributed by atoms with Gasteiger partial charge in [0.1, 0.15) is 0 Å². The first-order chi connectivity index (χ1) is 9.21. The lowest BCUT2D eigenvalue weighted by Gasteiger charge is -2.08. The van der Waals surface area contributed by atoms with Crippen LogP contribution in [0.1, 0.15) is 5.82 Å². The Morgan fingerprint density at radius 1 is 1.30 bits per heavy atom. The minimum Gasteiger partial charge on any atom is -0.424 e. The van der Waals surface area contributed by atoms with Crippen molar-refractivity contribution in [2.75, 3.05) is 6.26 Å². The molecule has 0 atom stereocenters. The fourth-order valence-electron chi connectivity index (χ4n) is 1.62. The Hall–Kier alpha value is -1.93. The largest absolute Gasteiger partial charge is 0.424 e. The van der Waals surface area contributed by atoms with Crippen LogP contribution < -0.4 is 5.56 Å². The molecule has 0 aliphatic rings. The van der Waals surface area contributed by atoms with Gasteiger partial charge in [-0.3, -0.25) is 4.79 Å². The zero-order valence-corrected chi connectivity index (χ0v) is 12.1. The van der Waals surface area contributed by atoms with Crippen molar-refractivity contribution in [3.05, 3.63) is 39.4 Å². The van der Waals surface area contributed by atoms with E-state index >= 15 is 0 Å². The van der Waals surface area contributed by atoms with Crippen LogP contribution in [-0.4, -0.2) is 34.8 Å². The maximum atomic E-state index is 11.9. The molecule has 1 heterocycles. The van der Waals surface area contributed by atoms with Crippen molar-refractivity contribution in [1.29, 1.82) is 0 Å². The molecule has 1 aromatic heterocycles. The molecule has 0 bridgehead atoms. The van der Waals surface area contributed by atoms with Crippen LogP contribution in [0.15, 0.2) is 27.9 Å². The predicted molar refractivity (Wildman–Crippen MR) is 71.8 cm³/mol. The van der Waals surface area contributed by atoms with Gasteiger partial charge >= 0.3 is 5.56 Å². The van der Waals surface area contributed by atoms with Crippen LogP contribution in [-0.2, 0) is 9.84 Å². The molecule has 1 N–H and O–H groups in total. The Kier molecular flexibility index (Phi) is 3.53. The fraction of sp³-hybridized carbons (Fsp3) is 0.182. The zero-order valence-electron chi connectivity index (χ0n) is 10.5. The van der Waals surface area contributed by atoms with Crippen LogP contribution in [0.5, 0.6) is 0 Å². The molecule has 20 heavy (non-hydrogen) atoms. The molecule has 106 valence electrons. The molecule has 0 saturated heterocycles. The molecule has 0 amide bonds. The van der Waals surface area contributed by atoms with Gasteiger partial charge < -0.3 is 5.21 Å². The van der Waals surface area contributed by atoms with Gasteiger partial charge in [-0.15, -0.1) is 14.9 Å². The number of benzene rings is 1. The van der Waals surface area contributed by atoms with Crippen molar-refractivity contribution >= 4 is 21.4 Å². The van der Waals surface area contributed by atoms with Gasteiger partial charge in [-0.25, -0.2) is 8.42 Å². The molecule has 0 unspecified atom stereocenters. The van der Waals surface area contributed by atoms with Crippen LogP contribution in [0.2, 0.25) is 5.02 Å². The van der Waals surface area contributed by atoms with Crippen molar-refractivity contribution < 1.29 is 13.6 Å². The summed E-state index contributed by atoms with van der Waals surface area (Å²) in [7, 11) is -3.63. The Labute approximate surface area is 119 Å². The highest BCUT2D eigenvalue weighted by atomic mass is 35.5. The molecule has 7 nitrogen and oxygen atoms in total. The zero-order chi connectivity index (χ0) is 15.1. The van der Waals surface area contributed by atoms with Gasteiger partial charge in [0.25, 0.3) is 0 Å². The standard InChI is InChI=1S/C11H10ClN3O4S/c1-6-13-14-10(11(16)15(6)17)8-4-3-7(12)5-9(8)20(2,18)19/h3-5,17H,1-2H3. The number of sulfone groups is 1. The number of nitrogens with zero attached hydrogens (tertiary/aromatic N) is 3. The SMILES string of the molecule is Cc1nnc(-c2ccc(Cl)cc2S(C)(=O)=O)c(=O)n1O. The number of halogens is 1. The molecule has 0 saturated carbocycles. The molecule has 2 aromatic rings. The highest BCUT2D eigenvalue weighted by molar-refractivity contribution is 7.90. The van der Waals surface area contributed by atoms with E-state index < -0.39 is 15.4 Å². The van der Waals surface area contributed by atoms with E-state index in [0.29, 0.717) is 4.73 Å². The van der Waals surface area contributed by atoms with E-state index in [1.165, 1.54) is 25.1 Å². The summed E-state index contributed by atoms with van der Waals surface area (Å²) in [4.78, 5) is 11.8. The minimum absolute atomic E-state index is 0.00591. The van der Waals surface area contributed by atoms with E-state index in [2.05, 4.69) is 10.2 Å². The number of aromatic nitrogens is 3. The topological polar surface area (TPSA) is 102 Å². The van der Waals surface area contributed by atoms with Crippen LogP contribution in [0.4, 0.5) is 0 Å². The maximum Gasteiger partial charge on any atom is 0.313 e. The van der Waals surface area contributed by atoms with Crippen molar-refractivity contribution in [2.24, 2.45) is 0 Å². The molecule has 1 aromatic carbocycles. The lowest BCUT2D eigenvalue weighted by atomic mass is 10.1. The monoisotopic (exact) mass is 315 g/mol. The Morgan fingerprint density at radius 2 is 1.95 bits per heavy atom. The maximum absolute atomic E-state index is 11.9. The second-order valence-corrected chi connectivity index (χ2v) is 6.55. The fourth-order valence-corrected chi connectivity index (χ4v) is 2.76. The van der Waals surface area contributed by atoms with E-state index in [-0.39, 0.29) is 27.0 Å². The lowest BCUT2D eigenvalue weighted by Crippen LogP contribution is -2.25. The number of aryl methyl sites for hydroxylation is 1. The highest BCUT2D eigenvalue weighted by Crippen LogP contribution is 2.26. The van der Waals surface area contributed by atoms with E-state index in [0.717, 1.165) is 6.26 Å². The summed E-state index contributed by atoms with van der Waals surface area (Å²) in [6.07, 6.45) is 0.987. The van der Waals surface area contributed by atoms with Crippen LogP contribution in [0.25, 0.3) is 11.3 Å². The molecular weight excluding hydrogens is 306 g/mol. The minimum atomic E-state index is -3.63. The van der Waals surface area contributed by atoms with Crippen LogP contribution >= 0.6 is 11.6 Å². The van der Waals surface area contributed by atoms with Crippen molar-refractivity contribution in [3.8, 4) is 11.3 Å². The molecular formula is C11H10ClN3O4S. The van der Waals surface area contributed by atoms with E-state index in [4.69, 9.17) is 11.6 Å². The third kappa shape index (κ3) is 2.52. The third-order valence-corrected chi connectivity index (χ3v) is 3.97. The van der Waals surface area contributed by atoms with Gasteiger partial charge in [0.15, 0.2) is 21.4 Å². The molecule has 0 aliphatic carbocycles. The quantitative estimate of drug-likeness (QED) is 0.826. The highest BCUT2D eigenvalue weighted by Gasteiger charge is 2.20. The van der Waals surface area contributed by atoms with Crippen molar-refractivity contribution in [2.45, 2.75) is 11.8 Å². The average Bonchev–Trinajstić information content (AvgIpc) is 2.36. The van der Waals surface area contributed by atoms with Crippen LogP contribution in [0.3, 0.4) is 0 Å². The molecule has 0 fully saturated rings. The Bertz CT molecular complexity index is 845. The van der Waals surface area contributed by atoms with Crippen molar-refractivity contribution in [3.63, 3.8) is 0 Å². The number of hydrogen-bond acceptors (Lipinski definition) is 6. The van der Waals surface area contributed by atoms with E-state index in [1.54, 1.807) is 0 Å². The lowest BCUT2D eigenvalue weighted by molar-refractivity contribution is 0.162. The average molecular weight is 316 g/mol. The first-order valence-corrected chi connectivity index (χ1v) is 7.64. The first kappa shape index (κ1) is 14.5. The van der Waals surface area contributed by atoms with Gasteiger partial charge in [0.2, 0.25) is 0 Å². The summed E-state index contributed by atoms with van der Waals surface area (Å²) < 4.78 is 23.8. The van der Waals surface area contributed by atoms with Gasteiger partial charge in [0.05, 0.1) is 4.90 Å². The summed E-state index contributed by atoms with van der Waals surface area (Å²) in [6.45, 7) is 1.39. The van der Waals surface area contributed by atoms with E-state index in [9.17, 15) is 18.4 Å². The van der Waals surface area contributed by atoms with Gasteiger partial charge in [-0.1, -0.05) is 11.6 Å². The predicted octanol–water partition coefficient (Wildman–Crippen LogP) is 0.908. The molecule has 0 aliphatic heterocycles. The van der Waals surface area contributed by atoms with E-state index in [1.807, 2.05) is 0 Å². The summed E-state index contributed by atoms with van der Waals surface area (Å²) in [5.74, 6) is -0.00591. The Balaban J connectivity index is 2.85. The van der Waals surface area contributed by atoms with Gasteiger partial charge in [-0.05, 0) is 25.1 Å². The third-order valence-electron chi connectivity index (χ3n) is 2.59. The molecule has 0 spiro atoms. The smallest absolute Gasteiger partial charge is 0.313 e. The molecule has 0 radical (unpaired) electrons. The van der Waals surface area contributed by atoms with Gasteiger partial charge in [0, 0.05) is 16.8 Å². The second-order valence-electron chi connectivity index (χ2n) is 4.13. The summed E-state index contributed by atoms with van der Waals surface area (Å²) >= 11 is 5.77. The normalized spacial score (nSPS) is 11.6. The van der Waals surface area contributed by atoms with Crippen LogP contribution in [0, 0.1) is 6.92 Å². The van der Waals surface area contributed by atoms with Crippen molar-refractivity contribution in [1.82, 2.24) is 14.9 Å². The summed E-state index contributed by atoms with van der Waals surface area (Å²) in [5.41, 5.74) is -1.09. The summed E-state index contributed by atoms with van der Waals surface area (Å²) in [5, 5.41) is 17.0. The molecule has 9 heteroatoms. The summed E-state index contributed by atoms with van der Waals surface area (Å²) in [6, 6.07) is 3.99. The Morgan fingerprint density at radius 3 is 2.55 bits per heavy atom. The number of rotatable bonds is 2. The number of hydrogen-bond donors (Lipinski definition) is 1. The van der Waals surface area contributed by atoms with Gasteiger partial charge in [-0.2, -0.15) is 0 Å². The first-order valence-electron chi connectivity index (χ1n) is 5.37. The second kappa shape index (κ2) is 4.88.